The fourth-order valence-corrected chi connectivity index (χ4v) is 10.9. The van der Waals surface area contributed by atoms with Gasteiger partial charge in [-0.05, 0) is 0 Å². The Balaban J connectivity index is 0.00000176. The fourth-order valence-electron chi connectivity index (χ4n) is 5.99. The van der Waals surface area contributed by atoms with E-state index in [1.807, 2.05) is 13.8 Å². The molecule has 2 nitrogen and oxygen atoms in total. The van der Waals surface area contributed by atoms with Crippen LogP contribution in [0.4, 0.5) is 0 Å². The molecule has 2 aromatic carbocycles. The molecule has 0 spiro atoms. The summed E-state index contributed by atoms with van der Waals surface area (Å²) in [5, 5.41) is 0. The summed E-state index contributed by atoms with van der Waals surface area (Å²) in [5.74, 6) is 4.97. The van der Waals surface area contributed by atoms with Gasteiger partial charge < -0.3 is 24.8 Å². The minimum Gasteiger partial charge on any atom is -1.00 e. The summed E-state index contributed by atoms with van der Waals surface area (Å²) in [6.45, 7) is 13.3. The Morgan fingerprint density at radius 3 is 1.33 bits per heavy atom. The molecular weight excluding hydrogens is 603 g/mol. The summed E-state index contributed by atoms with van der Waals surface area (Å²) in [6, 6.07) is 22.4. The molecule has 2 aliphatic carbocycles. The van der Waals surface area contributed by atoms with E-state index in [1.54, 1.807) is 0 Å². The molecule has 2 unspecified atom stereocenters. The molecule has 6 rings (SSSR count). The monoisotopic (exact) mass is 634 g/mol. The summed E-state index contributed by atoms with van der Waals surface area (Å²) in [7, 11) is 0. The minimum absolute atomic E-state index is 0. The van der Waals surface area contributed by atoms with Gasteiger partial charge in [0.25, 0.3) is 0 Å². The van der Waals surface area contributed by atoms with Crippen LogP contribution in [0.1, 0.15) is 103 Å². The van der Waals surface area contributed by atoms with Gasteiger partial charge >= 0.3 is 233 Å². The van der Waals surface area contributed by atoms with Crippen LogP contribution in [-0.4, -0.2) is 0 Å². The van der Waals surface area contributed by atoms with Crippen molar-refractivity contribution >= 4 is 23.3 Å². The fraction of sp³-hybridized carbons (Fsp3) is 0.294. The number of fused-ring (bicyclic) bond motifs is 2. The van der Waals surface area contributed by atoms with Crippen LogP contribution in [0.3, 0.4) is 0 Å². The molecule has 4 aromatic rings. The van der Waals surface area contributed by atoms with Crippen LogP contribution in [-0.2, 0) is 23.2 Å². The molecule has 0 N–H and O–H groups in total. The average Bonchev–Trinajstić information content (AvgIpc) is 3.64. The molecule has 0 bridgehead atoms. The van der Waals surface area contributed by atoms with E-state index in [0.717, 1.165) is 23.0 Å². The van der Waals surface area contributed by atoms with E-state index in [-0.39, 0.29) is 24.8 Å². The van der Waals surface area contributed by atoms with Gasteiger partial charge in [0, 0.05) is 0 Å². The Hall–Kier alpha value is -2.06. The molecule has 2 atom stereocenters. The summed E-state index contributed by atoms with van der Waals surface area (Å²) >= 11 is -1.14. The van der Waals surface area contributed by atoms with Crippen molar-refractivity contribution in [2.24, 2.45) is 0 Å². The van der Waals surface area contributed by atoms with Crippen molar-refractivity contribution in [2.75, 3.05) is 0 Å². The Morgan fingerprint density at radius 2 is 1.00 bits per heavy atom. The number of furan rings is 2. The largest absolute Gasteiger partial charge is 1.00 e. The number of hydrogen-bond donors (Lipinski definition) is 0. The second-order valence-corrected chi connectivity index (χ2v) is 14.7. The summed E-state index contributed by atoms with van der Waals surface area (Å²) in [6.07, 6.45) is 4.88. The van der Waals surface area contributed by atoms with Crippen LogP contribution in [0, 0.1) is 13.8 Å². The zero-order chi connectivity index (χ0) is 25.8. The van der Waals surface area contributed by atoms with E-state index < -0.39 is 23.2 Å². The SMILES string of the molecule is Cc1ccc(C2=Cc3c(C(C)C)cccc3[CH]2[Zr+2][CH]2C(c3ccc(C)o3)=Cc3c(C(C)C)cccc32)o1.[Cl-].[Cl-]. The maximum Gasteiger partial charge on any atom is -1.00 e. The van der Waals surface area contributed by atoms with E-state index in [1.165, 1.54) is 44.5 Å². The van der Waals surface area contributed by atoms with Crippen LogP contribution in [0.2, 0.25) is 0 Å². The molecular formula is C34H34Cl2O2Zr. The maximum absolute atomic E-state index is 6.25. The van der Waals surface area contributed by atoms with Crippen LogP contribution >= 0.6 is 0 Å². The number of allylic oxidation sites excluding steroid dienone is 2. The van der Waals surface area contributed by atoms with Crippen LogP contribution in [0.25, 0.3) is 23.3 Å². The number of halogens is 2. The predicted octanol–water partition coefficient (Wildman–Crippen LogP) is 3.72. The molecule has 0 radical (unpaired) electrons. The van der Waals surface area contributed by atoms with Crippen molar-refractivity contribution in [2.45, 2.75) is 60.6 Å². The molecule has 2 aromatic heterocycles. The number of hydrogen-bond acceptors (Lipinski definition) is 2. The minimum atomic E-state index is -1.14. The molecule has 0 aliphatic heterocycles. The molecule has 0 amide bonds. The molecule has 0 saturated carbocycles. The van der Waals surface area contributed by atoms with E-state index in [4.69, 9.17) is 8.83 Å². The first kappa shape index (κ1) is 29.9. The van der Waals surface area contributed by atoms with Gasteiger partial charge in [0.1, 0.15) is 0 Å². The third-order valence-electron chi connectivity index (χ3n) is 7.82. The van der Waals surface area contributed by atoms with Crippen molar-refractivity contribution < 1.29 is 56.9 Å². The van der Waals surface area contributed by atoms with Gasteiger partial charge in [-0.1, -0.05) is 0 Å². The standard InChI is InChI=1S/2C17H17O.2ClH.Zr/c2*1-11(2)15-6-4-5-13-9-14(10-16(13)15)17-8-7-12(3)18-17;;;/h2*4-11H,1-3H3;2*1H;/q;;;;+2/p-2. The van der Waals surface area contributed by atoms with Crippen molar-refractivity contribution in [3.8, 4) is 0 Å². The van der Waals surface area contributed by atoms with E-state index in [2.05, 4.69) is 101 Å². The maximum atomic E-state index is 6.25. The Morgan fingerprint density at radius 1 is 0.590 bits per heavy atom. The van der Waals surface area contributed by atoms with E-state index >= 15 is 0 Å². The van der Waals surface area contributed by atoms with Crippen LogP contribution < -0.4 is 24.8 Å². The van der Waals surface area contributed by atoms with Crippen LogP contribution in [0.15, 0.2) is 69.5 Å². The number of aryl methyl sites for hydroxylation is 2. The van der Waals surface area contributed by atoms with Gasteiger partial charge in [0.05, 0.1) is 0 Å². The number of rotatable bonds is 6. The molecule has 39 heavy (non-hydrogen) atoms. The normalized spacial score (nSPS) is 17.2. The van der Waals surface area contributed by atoms with E-state index in [9.17, 15) is 0 Å². The molecule has 0 fully saturated rings. The molecule has 200 valence electrons. The molecule has 2 heterocycles. The second-order valence-electron chi connectivity index (χ2n) is 11.1. The zero-order valence-corrected chi connectivity index (χ0v) is 27.3. The Bertz CT molecular complexity index is 1440. The van der Waals surface area contributed by atoms with Crippen molar-refractivity contribution in [3.63, 3.8) is 0 Å². The smallest absolute Gasteiger partial charge is 1.00 e. The van der Waals surface area contributed by atoms with Gasteiger partial charge in [-0.25, -0.2) is 0 Å². The Kier molecular flexibility index (Phi) is 9.06. The first-order valence-electron chi connectivity index (χ1n) is 13.4. The van der Waals surface area contributed by atoms with Crippen molar-refractivity contribution in [3.05, 3.63) is 117 Å². The quantitative estimate of drug-likeness (QED) is 0.323. The van der Waals surface area contributed by atoms with Gasteiger partial charge in [-0.15, -0.1) is 0 Å². The number of benzene rings is 2. The third-order valence-corrected chi connectivity index (χ3v) is 12.5. The average molecular weight is 637 g/mol. The first-order chi connectivity index (χ1) is 17.8. The third kappa shape index (κ3) is 5.35. The summed E-state index contributed by atoms with van der Waals surface area (Å²) in [4.78, 5) is 0. The first-order valence-corrected chi connectivity index (χ1v) is 16.2. The predicted molar refractivity (Wildman–Crippen MR) is 149 cm³/mol. The second kappa shape index (κ2) is 11.8. The molecule has 0 saturated heterocycles. The summed E-state index contributed by atoms with van der Waals surface area (Å²) in [5.41, 5.74) is 11.4. The van der Waals surface area contributed by atoms with Gasteiger partial charge in [0.2, 0.25) is 0 Å². The zero-order valence-electron chi connectivity index (χ0n) is 23.3. The Labute approximate surface area is 256 Å². The van der Waals surface area contributed by atoms with E-state index in [0.29, 0.717) is 19.1 Å². The van der Waals surface area contributed by atoms with Gasteiger partial charge in [-0.3, -0.25) is 0 Å². The topological polar surface area (TPSA) is 26.3 Å². The van der Waals surface area contributed by atoms with Crippen molar-refractivity contribution in [1.82, 2.24) is 0 Å². The van der Waals surface area contributed by atoms with Gasteiger partial charge in [0.15, 0.2) is 0 Å². The van der Waals surface area contributed by atoms with Crippen LogP contribution in [0.5, 0.6) is 0 Å². The van der Waals surface area contributed by atoms with Crippen molar-refractivity contribution in [1.29, 1.82) is 0 Å². The summed E-state index contributed by atoms with van der Waals surface area (Å²) < 4.78 is 13.3. The van der Waals surface area contributed by atoms with Gasteiger partial charge in [-0.2, -0.15) is 0 Å². The molecule has 5 heteroatoms. The molecule has 2 aliphatic rings.